The molecule has 1 fully saturated rings. The molecule has 0 unspecified atom stereocenters. The first-order valence-corrected chi connectivity index (χ1v) is 9.70. The van der Waals surface area contributed by atoms with Crippen LogP contribution >= 0.6 is 0 Å². The standard InChI is InChI=1S/C21H31N5O/c1-15(2)18-13-20(25(5)23-18)22-21(27)26-12-6-7-19(26)17-10-8-16(9-11-17)14-24(3)4/h8-11,13,15,19H,6-7,12,14H2,1-5H3,(H,22,27)/t19-/m1/s1. The molecule has 6 nitrogen and oxygen atoms in total. The van der Waals surface area contributed by atoms with Crippen LogP contribution in [0.15, 0.2) is 30.3 Å². The fourth-order valence-electron chi connectivity index (χ4n) is 3.64. The van der Waals surface area contributed by atoms with E-state index < -0.39 is 0 Å². The summed E-state index contributed by atoms with van der Waals surface area (Å²) < 4.78 is 1.74. The summed E-state index contributed by atoms with van der Waals surface area (Å²) in [6.07, 6.45) is 2.03. The summed E-state index contributed by atoms with van der Waals surface area (Å²) in [7, 11) is 6.01. The summed E-state index contributed by atoms with van der Waals surface area (Å²) in [5.74, 6) is 1.08. The molecule has 1 aromatic heterocycles. The Morgan fingerprint density at radius 2 is 2.00 bits per heavy atom. The van der Waals surface area contributed by atoms with Crippen molar-refractivity contribution >= 4 is 11.8 Å². The highest BCUT2D eigenvalue weighted by Crippen LogP contribution is 2.32. The van der Waals surface area contributed by atoms with Crippen molar-refractivity contribution in [1.29, 1.82) is 0 Å². The Morgan fingerprint density at radius 3 is 2.59 bits per heavy atom. The number of likely N-dealkylation sites (tertiary alicyclic amines) is 1. The third-order valence-electron chi connectivity index (χ3n) is 5.10. The van der Waals surface area contributed by atoms with E-state index in [0.29, 0.717) is 5.92 Å². The number of aromatic nitrogens is 2. The molecule has 2 aromatic rings. The van der Waals surface area contributed by atoms with E-state index in [9.17, 15) is 4.79 Å². The number of hydrogen-bond acceptors (Lipinski definition) is 3. The Labute approximate surface area is 162 Å². The fraction of sp³-hybridized carbons (Fsp3) is 0.524. The zero-order chi connectivity index (χ0) is 19.6. The average Bonchev–Trinajstić information content (AvgIpc) is 3.22. The summed E-state index contributed by atoms with van der Waals surface area (Å²) in [5.41, 5.74) is 3.48. The van der Waals surface area contributed by atoms with Crippen molar-refractivity contribution in [1.82, 2.24) is 19.6 Å². The molecule has 0 spiro atoms. The molecular formula is C21H31N5O. The molecule has 1 atom stereocenters. The van der Waals surface area contributed by atoms with Crippen molar-refractivity contribution in [3.05, 3.63) is 47.2 Å². The summed E-state index contributed by atoms with van der Waals surface area (Å²) in [4.78, 5) is 17.0. The molecule has 3 rings (SSSR count). The van der Waals surface area contributed by atoms with Gasteiger partial charge in [-0.15, -0.1) is 0 Å². The second-order valence-electron chi connectivity index (χ2n) is 7.99. The summed E-state index contributed by atoms with van der Waals surface area (Å²) in [5, 5.41) is 7.53. The molecule has 1 aromatic carbocycles. The maximum Gasteiger partial charge on any atom is 0.323 e. The molecule has 1 N–H and O–H groups in total. The first-order chi connectivity index (χ1) is 12.8. The van der Waals surface area contributed by atoms with Gasteiger partial charge < -0.3 is 9.80 Å². The zero-order valence-electron chi connectivity index (χ0n) is 17.1. The van der Waals surface area contributed by atoms with Gasteiger partial charge in [-0.05, 0) is 44.0 Å². The van der Waals surface area contributed by atoms with Crippen molar-refractivity contribution < 1.29 is 4.79 Å². The third-order valence-corrected chi connectivity index (χ3v) is 5.10. The van der Waals surface area contributed by atoms with Gasteiger partial charge in [0, 0.05) is 26.2 Å². The summed E-state index contributed by atoms with van der Waals surface area (Å²) in [6, 6.07) is 10.7. The molecule has 2 amide bonds. The number of carbonyl (C=O) groups excluding carboxylic acids is 1. The van der Waals surface area contributed by atoms with E-state index in [0.717, 1.165) is 37.4 Å². The topological polar surface area (TPSA) is 53.4 Å². The summed E-state index contributed by atoms with van der Waals surface area (Å²) >= 11 is 0. The van der Waals surface area contributed by atoms with Gasteiger partial charge in [0.1, 0.15) is 5.82 Å². The van der Waals surface area contributed by atoms with Gasteiger partial charge in [0.15, 0.2) is 0 Å². The molecule has 0 bridgehead atoms. The number of anilines is 1. The lowest BCUT2D eigenvalue weighted by molar-refractivity contribution is 0.207. The largest absolute Gasteiger partial charge is 0.323 e. The van der Waals surface area contributed by atoms with E-state index in [2.05, 4.69) is 67.5 Å². The Kier molecular flexibility index (Phi) is 5.85. The fourth-order valence-corrected chi connectivity index (χ4v) is 3.64. The van der Waals surface area contributed by atoms with Gasteiger partial charge in [-0.2, -0.15) is 5.10 Å². The molecule has 146 valence electrons. The molecule has 1 aliphatic heterocycles. The van der Waals surface area contributed by atoms with E-state index in [1.54, 1.807) is 4.68 Å². The molecule has 0 aliphatic carbocycles. The van der Waals surface area contributed by atoms with Crippen LogP contribution in [-0.4, -0.2) is 46.3 Å². The van der Waals surface area contributed by atoms with Crippen LogP contribution in [0, 0.1) is 0 Å². The molecule has 27 heavy (non-hydrogen) atoms. The van der Waals surface area contributed by atoms with Crippen molar-refractivity contribution in [2.24, 2.45) is 7.05 Å². The highest BCUT2D eigenvalue weighted by Gasteiger charge is 2.30. The van der Waals surface area contributed by atoms with Gasteiger partial charge in [0.05, 0.1) is 11.7 Å². The summed E-state index contributed by atoms with van der Waals surface area (Å²) in [6.45, 7) is 5.91. The van der Waals surface area contributed by atoms with Gasteiger partial charge in [-0.3, -0.25) is 10.00 Å². The second kappa shape index (κ2) is 8.13. The van der Waals surface area contributed by atoms with E-state index in [1.807, 2.05) is 18.0 Å². The Morgan fingerprint density at radius 1 is 1.30 bits per heavy atom. The van der Waals surface area contributed by atoms with Crippen LogP contribution in [0.1, 0.15) is 55.5 Å². The first-order valence-electron chi connectivity index (χ1n) is 9.70. The van der Waals surface area contributed by atoms with Crippen LogP contribution in [0.4, 0.5) is 10.6 Å². The van der Waals surface area contributed by atoms with E-state index in [-0.39, 0.29) is 12.1 Å². The number of aryl methyl sites for hydroxylation is 1. The number of nitrogens with zero attached hydrogens (tertiary/aromatic N) is 4. The molecule has 1 saturated heterocycles. The van der Waals surface area contributed by atoms with Crippen molar-refractivity contribution in [3.63, 3.8) is 0 Å². The second-order valence-corrected chi connectivity index (χ2v) is 7.99. The van der Waals surface area contributed by atoms with Crippen LogP contribution in [0.3, 0.4) is 0 Å². The SMILES string of the molecule is CC(C)c1cc(NC(=O)N2CCC[C@@H]2c2ccc(CN(C)C)cc2)n(C)n1. The lowest BCUT2D eigenvalue weighted by atomic mass is 10.0. The number of nitrogens with one attached hydrogen (secondary N) is 1. The highest BCUT2D eigenvalue weighted by molar-refractivity contribution is 5.89. The monoisotopic (exact) mass is 369 g/mol. The van der Waals surface area contributed by atoms with Gasteiger partial charge in [-0.25, -0.2) is 4.79 Å². The van der Waals surface area contributed by atoms with Gasteiger partial charge in [-0.1, -0.05) is 38.1 Å². The number of rotatable bonds is 5. The zero-order valence-corrected chi connectivity index (χ0v) is 17.1. The lowest BCUT2D eigenvalue weighted by Gasteiger charge is -2.25. The predicted octanol–water partition coefficient (Wildman–Crippen LogP) is 3.97. The number of carbonyl (C=O) groups is 1. The maximum atomic E-state index is 12.9. The number of hydrogen-bond donors (Lipinski definition) is 1. The van der Waals surface area contributed by atoms with Crippen LogP contribution in [0.2, 0.25) is 0 Å². The maximum absolute atomic E-state index is 12.9. The van der Waals surface area contributed by atoms with Gasteiger partial charge in [0.2, 0.25) is 0 Å². The Bertz CT molecular complexity index is 778. The van der Waals surface area contributed by atoms with E-state index in [1.165, 1.54) is 11.1 Å². The molecular weight excluding hydrogens is 338 g/mol. The predicted molar refractivity (Wildman–Crippen MR) is 109 cm³/mol. The number of amides is 2. The minimum Gasteiger partial charge on any atom is -0.317 e. The van der Waals surface area contributed by atoms with Gasteiger partial charge >= 0.3 is 6.03 Å². The van der Waals surface area contributed by atoms with Crippen molar-refractivity contribution in [2.45, 2.75) is 45.2 Å². The Hall–Kier alpha value is -2.34. The smallest absolute Gasteiger partial charge is 0.317 e. The lowest BCUT2D eigenvalue weighted by Crippen LogP contribution is -2.35. The minimum atomic E-state index is -0.0480. The van der Waals surface area contributed by atoms with Gasteiger partial charge in [0.25, 0.3) is 0 Å². The van der Waals surface area contributed by atoms with Crippen molar-refractivity contribution in [2.75, 3.05) is 26.0 Å². The quantitative estimate of drug-likeness (QED) is 0.867. The number of urea groups is 1. The van der Waals surface area contributed by atoms with Crippen LogP contribution in [0.25, 0.3) is 0 Å². The molecule has 2 heterocycles. The molecule has 1 aliphatic rings. The van der Waals surface area contributed by atoms with Crippen LogP contribution in [0.5, 0.6) is 0 Å². The van der Waals surface area contributed by atoms with E-state index in [4.69, 9.17) is 0 Å². The molecule has 0 saturated carbocycles. The highest BCUT2D eigenvalue weighted by atomic mass is 16.2. The number of benzene rings is 1. The molecule has 0 radical (unpaired) electrons. The van der Waals surface area contributed by atoms with Crippen LogP contribution in [-0.2, 0) is 13.6 Å². The first kappa shape index (κ1) is 19.4. The third kappa shape index (κ3) is 4.50. The van der Waals surface area contributed by atoms with E-state index >= 15 is 0 Å². The minimum absolute atomic E-state index is 0.0480. The molecule has 6 heteroatoms. The average molecular weight is 370 g/mol. The Balaban J connectivity index is 1.71. The van der Waals surface area contributed by atoms with Crippen molar-refractivity contribution in [3.8, 4) is 0 Å². The normalized spacial score (nSPS) is 17.1. The van der Waals surface area contributed by atoms with Crippen LogP contribution < -0.4 is 5.32 Å².